The molecule has 1 N–H and O–H groups in total. The standard InChI is InChI=1S/C20H13ClFN3O/c21-13-5-10-17(22)16(11-13)20(26)24-14-6-8-15(9-7-14)25-12-23-18-3-1-2-4-19(18)25/h1-12H,(H,24,26). The quantitative estimate of drug-likeness (QED) is 0.551. The molecule has 1 aromatic heterocycles. The van der Waals surface area contributed by atoms with Gasteiger partial charge in [0.05, 0.1) is 16.6 Å². The number of nitrogens with one attached hydrogen (secondary N) is 1. The predicted molar refractivity (Wildman–Crippen MR) is 100 cm³/mol. The highest BCUT2D eigenvalue weighted by molar-refractivity contribution is 6.31. The van der Waals surface area contributed by atoms with Crippen LogP contribution in [0.5, 0.6) is 0 Å². The van der Waals surface area contributed by atoms with Crippen molar-refractivity contribution in [2.75, 3.05) is 5.32 Å². The molecule has 0 saturated carbocycles. The maximum absolute atomic E-state index is 13.8. The number of anilines is 1. The van der Waals surface area contributed by atoms with Crippen LogP contribution in [0.15, 0.2) is 73.1 Å². The van der Waals surface area contributed by atoms with Crippen molar-refractivity contribution in [3.63, 3.8) is 0 Å². The minimum atomic E-state index is -0.617. The highest BCUT2D eigenvalue weighted by Gasteiger charge is 2.13. The zero-order valence-corrected chi connectivity index (χ0v) is 14.2. The second-order valence-electron chi connectivity index (χ2n) is 5.73. The summed E-state index contributed by atoms with van der Waals surface area (Å²) < 4.78 is 15.7. The van der Waals surface area contributed by atoms with Gasteiger partial charge in [0.15, 0.2) is 0 Å². The van der Waals surface area contributed by atoms with E-state index in [9.17, 15) is 9.18 Å². The van der Waals surface area contributed by atoms with Crippen molar-refractivity contribution in [1.82, 2.24) is 9.55 Å². The summed E-state index contributed by atoms with van der Waals surface area (Å²) in [5.41, 5.74) is 3.27. The first-order valence-corrected chi connectivity index (χ1v) is 8.28. The minimum absolute atomic E-state index is 0.0952. The van der Waals surface area contributed by atoms with Gasteiger partial charge >= 0.3 is 0 Å². The molecule has 1 heterocycles. The van der Waals surface area contributed by atoms with Gasteiger partial charge in [0, 0.05) is 16.4 Å². The molecule has 4 aromatic rings. The van der Waals surface area contributed by atoms with E-state index in [1.54, 1.807) is 18.5 Å². The SMILES string of the molecule is O=C(Nc1ccc(-n2cnc3ccccc32)cc1)c1cc(Cl)ccc1F. The largest absolute Gasteiger partial charge is 0.322 e. The van der Waals surface area contributed by atoms with Crippen LogP contribution in [0.3, 0.4) is 0 Å². The van der Waals surface area contributed by atoms with Gasteiger partial charge in [-0.25, -0.2) is 9.37 Å². The Labute approximate surface area is 153 Å². The fourth-order valence-corrected chi connectivity index (χ4v) is 2.91. The highest BCUT2D eigenvalue weighted by Crippen LogP contribution is 2.21. The van der Waals surface area contributed by atoms with Crippen LogP contribution in [-0.2, 0) is 0 Å². The highest BCUT2D eigenvalue weighted by atomic mass is 35.5. The molecular formula is C20H13ClFN3O. The van der Waals surface area contributed by atoms with E-state index in [4.69, 9.17) is 11.6 Å². The van der Waals surface area contributed by atoms with Crippen molar-refractivity contribution in [3.05, 3.63) is 89.5 Å². The lowest BCUT2D eigenvalue weighted by Crippen LogP contribution is -2.13. The summed E-state index contributed by atoms with van der Waals surface area (Å²) in [5.74, 6) is -1.17. The normalized spacial score (nSPS) is 10.8. The number of para-hydroxylation sites is 2. The average Bonchev–Trinajstić information content (AvgIpc) is 3.08. The summed E-state index contributed by atoms with van der Waals surface area (Å²) in [5, 5.41) is 2.98. The van der Waals surface area contributed by atoms with E-state index in [0.29, 0.717) is 10.7 Å². The van der Waals surface area contributed by atoms with Gasteiger partial charge in [-0.2, -0.15) is 0 Å². The first kappa shape index (κ1) is 16.3. The molecule has 0 aliphatic carbocycles. The van der Waals surface area contributed by atoms with Crippen molar-refractivity contribution in [2.24, 2.45) is 0 Å². The number of aromatic nitrogens is 2. The number of rotatable bonds is 3. The summed E-state index contributed by atoms with van der Waals surface area (Å²) in [6, 6.07) is 18.9. The Kier molecular flexibility index (Phi) is 4.14. The number of carbonyl (C=O) groups excluding carboxylic acids is 1. The van der Waals surface area contributed by atoms with Crippen molar-refractivity contribution in [3.8, 4) is 5.69 Å². The third kappa shape index (κ3) is 3.05. The molecule has 3 aromatic carbocycles. The second-order valence-corrected chi connectivity index (χ2v) is 6.16. The van der Waals surface area contributed by atoms with Crippen LogP contribution >= 0.6 is 11.6 Å². The molecule has 0 radical (unpaired) electrons. The van der Waals surface area contributed by atoms with Crippen molar-refractivity contribution < 1.29 is 9.18 Å². The van der Waals surface area contributed by atoms with E-state index in [-0.39, 0.29) is 5.56 Å². The van der Waals surface area contributed by atoms with Crippen molar-refractivity contribution in [1.29, 1.82) is 0 Å². The summed E-state index contributed by atoms with van der Waals surface area (Å²) in [7, 11) is 0. The van der Waals surface area contributed by atoms with E-state index in [2.05, 4.69) is 10.3 Å². The number of imidazole rings is 1. The van der Waals surface area contributed by atoms with Crippen LogP contribution in [0.25, 0.3) is 16.7 Å². The van der Waals surface area contributed by atoms with Crippen LogP contribution < -0.4 is 5.32 Å². The number of fused-ring (bicyclic) bond motifs is 1. The second kappa shape index (κ2) is 6.61. The van der Waals surface area contributed by atoms with Crippen LogP contribution in [0.2, 0.25) is 5.02 Å². The van der Waals surface area contributed by atoms with Crippen LogP contribution in [0.1, 0.15) is 10.4 Å². The third-order valence-electron chi connectivity index (χ3n) is 4.03. The summed E-state index contributed by atoms with van der Waals surface area (Å²) in [6.45, 7) is 0. The monoisotopic (exact) mass is 365 g/mol. The lowest BCUT2D eigenvalue weighted by Gasteiger charge is -2.09. The molecule has 0 spiro atoms. The Balaban J connectivity index is 1.58. The molecular weight excluding hydrogens is 353 g/mol. The number of halogens is 2. The topological polar surface area (TPSA) is 46.9 Å². The van der Waals surface area contributed by atoms with E-state index >= 15 is 0 Å². The number of amides is 1. The lowest BCUT2D eigenvalue weighted by molar-refractivity contribution is 0.102. The van der Waals surface area contributed by atoms with Gasteiger partial charge in [0.1, 0.15) is 12.1 Å². The molecule has 128 valence electrons. The molecule has 4 rings (SSSR count). The lowest BCUT2D eigenvalue weighted by atomic mass is 10.2. The molecule has 0 unspecified atom stereocenters. The number of benzene rings is 3. The molecule has 0 saturated heterocycles. The van der Waals surface area contributed by atoms with Crippen LogP contribution in [0.4, 0.5) is 10.1 Å². The minimum Gasteiger partial charge on any atom is -0.322 e. The fraction of sp³-hybridized carbons (Fsp3) is 0. The molecule has 0 fully saturated rings. The molecule has 0 bridgehead atoms. The van der Waals surface area contributed by atoms with Gasteiger partial charge in [0.25, 0.3) is 5.91 Å². The Hall–Kier alpha value is -3.18. The number of hydrogen-bond donors (Lipinski definition) is 1. The van der Waals surface area contributed by atoms with Crippen LogP contribution in [-0.4, -0.2) is 15.5 Å². The van der Waals surface area contributed by atoms with Gasteiger partial charge < -0.3 is 5.32 Å². The molecule has 26 heavy (non-hydrogen) atoms. The molecule has 6 heteroatoms. The number of carbonyl (C=O) groups is 1. The van der Waals surface area contributed by atoms with E-state index in [1.807, 2.05) is 41.0 Å². The average molecular weight is 366 g/mol. The maximum Gasteiger partial charge on any atom is 0.258 e. The third-order valence-corrected chi connectivity index (χ3v) is 4.27. The van der Waals surface area contributed by atoms with Gasteiger partial charge in [-0.05, 0) is 54.6 Å². The van der Waals surface area contributed by atoms with Gasteiger partial charge in [-0.3, -0.25) is 9.36 Å². The van der Waals surface area contributed by atoms with Crippen molar-refractivity contribution >= 4 is 34.2 Å². The first-order valence-electron chi connectivity index (χ1n) is 7.91. The van der Waals surface area contributed by atoms with Gasteiger partial charge in [-0.15, -0.1) is 0 Å². The van der Waals surface area contributed by atoms with Crippen LogP contribution in [0, 0.1) is 5.82 Å². The number of nitrogens with zero attached hydrogens (tertiary/aromatic N) is 2. The molecule has 1 amide bonds. The Morgan fingerprint density at radius 1 is 1.04 bits per heavy atom. The van der Waals surface area contributed by atoms with E-state index < -0.39 is 11.7 Å². The van der Waals surface area contributed by atoms with Gasteiger partial charge in [0.2, 0.25) is 0 Å². The maximum atomic E-state index is 13.8. The number of hydrogen-bond acceptors (Lipinski definition) is 2. The smallest absolute Gasteiger partial charge is 0.258 e. The fourth-order valence-electron chi connectivity index (χ4n) is 2.74. The Morgan fingerprint density at radius 2 is 1.81 bits per heavy atom. The molecule has 0 aliphatic heterocycles. The Bertz CT molecular complexity index is 1110. The zero-order valence-electron chi connectivity index (χ0n) is 13.5. The molecule has 4 nitrogen and oxygen atoms in total. The van der Waals surface area contributed by atoms with Crippen molar-refractivity contribution in [2.45, 2.75) is 0 Å². The molecule has 0 atom stereocenters. The summed E-state index contributed by atoms with van der Waals surface area (Å²) >= 11 is 5.83. The first-order chi connectivity index (χ1) is 12.6. The summed E-state index contributed by atoms with van der Waals surface area (Å²) in [6.07, 6.45) is 1.75. The zero-order chi connectivity index (χ0) is 18.1. The van der Waals surface area contributed by atoms with Gasteiger partial charge in [-0.1, -0.05) is 23.7 Å². The summed E-state index contributed by atoms with van der Waals surface area (Å²) in [4.78, 5) is 16.6. The Morgan fingerprint density at radius 3 is 2.62 bits per heavy atom. The predicted octanol–water partition coefficient (Wildman–Crippen LogP) is 5.07. The van der Waals surface area contributed by atoms with E-state index in [0.717, 1.165) is 16.7 Å². The molecule has 0 aliphatic rings. The van der Waals surface area contributed by atoms with E-state index in [1.165, 1.54) is 18.2 Å².